The molecule has 0 saturated heterocycles. The summed E-state index contributed by atoms with van der Waals surface area (Å²) in [4.78, 5) is 0. The molecule has 0 nitrogen and oxygen atoms in total. The minimum absolute atomic E-state index is 0.0443. The molecule has 70 valence electrons. The van der Waals surface area contributed by atoms with E-state index in [0.29, 0.717) is 5.92 Å². The van der Waals surface area contributed by atoms with E-state index in [0.717, 1.165) is 31.8 Å². The van der Waals surface area contributed by atoms with Gasteiger partial charge in [-0.1, -0.05) is 18.6 Å². The van der Waals surface area contributed by atoms with Crippen molar-refractivity contribution in [3.63, 3.8) is 0 Å². The maximum absolute atomic E-state index is 12.6. The Balaban J connectivity index is 2.52. The van der Waals surface area contributed by atoms with Crippen molar-refractivity contribution in [3.8, 4) is 0 Å². The molecule has 0 aromatic carbocycles. The van der Waals surface area contributed by atoms with E-state index in [4.69, 9.17) is 0 Å². The number of hydrogen-bond acceptors (Lipinski definition) is 0. The first-order chi connectivity index (χ1) is 5.47. The van der Waals surface area contributed by atoms with E-state index in [1.165, 1.54) is 0 Å². The van der Waals surface area contributed by atoms with Crippen LogP contribution in [0.3, 0.4) is 0 Å². The summed E-state index contributed by atoms with van der Waals surface area (Å²) in [5.41, 5.74) is 0.946. The van der Waals surface area contributed by atoms with Crippen LogP contribution >= 0.6 is 0 Å². The van der Waals surface area contributed by atoms with Crippen molar-refractivity contribution in [2.24, 2.45) is 5.92 Å². The van der Waals surface area contributed by atoms with Crippen molar-refractivity contribution in [3.05, 3.63) is 11.6 Å². The predicted molar refractivity (Wildman–Crippen MR) is 46.3 cm³/mol. The molecular formula is C10H16F2. The van der Waals surface area contributed by atoms with Crippen LogP contribution in [0.1, 0.15) is 39.5 Å². The van der Waals surface area contributed by atoms with E-state index in [2.05, 4.69) is 6.92 Å². The van der Waals surface area contributed by atoms with Crippen molar-refractivity contribution in [1.82, 2.24) is 0 Å². The minimum atomic E-state index is -2.52. The van der Waals surface area contributed by atoms with E-state index < -0.39 is 5.92 Å². The van der Waals surface area contributed by atoms with E-state index in [1.54, 1.807) is 0 Å². The third-order valence-corrected chi connectivity index (χ3v) is 2.22. The molecule has 1 atom stereocenters. The van der Waals surface area contributed by atoms with Gasteiger partial charge in [-0.15, -0.1) is 0 Å². The number of halogens is 2. The lowest BCUT2D eigenvalue weighted by atomic mass is 9.89. The smallest absolute Gasteiger partial charge is 0.207 e. The summed E-state index contributed by atoms with van der Waals surface area (Å²) in [5.74, 6) is -2.03. The predicted octanol–water partition coefficient (Wildman–Crippen LogP) is 3.78. The normalized spacial score (nSPS) is 25.3. The van der Waals surface area contributed by atoms with Gasteiger partial charge in [-0.25, -0.2) is 8.78 Å². The highest BCUT2D eigenvalue weighted by Gasteiger charge is 2.24. The van der Waals surface area contributed by atoms with Crippen molar-refractivity contribution in [1.29, 1.82) is 0 Å². The van der Waals surface area contributed by atoms with Crippen LogP contribution in [0.15, 0.2) is 11.6 Å². The van der Waals surface area contributed by atoms with Gasteiger partial charge in [0.15, 0.2) is 0 Å². The Kier molecular flexibility index (Phi) is 2.86. The second-order valence-electron chi connectivity index (χ2n) is 3.94. The molecular weight excluding hydrogens is 158 g/mol. The Labute approximate surface area is 72.7 Å². The third-order valence-electron chi connectivity index (χ3n) is 2.22. The van der Waals surface area contributed by atoms with Crippen LogP contribution in [0.5, 0.6) is 0 Å². The molecule has 0 heterocycles. The fraction of sp³-hybridized carbons (Fsp3) is 0.800. The molecule has 0 amide bonds. The van der Waals surface area contributed by atoms with E-state index in [9.17, 15) is 8.78 Å². The van der Waals surface area contributed by atoms with Crippen LogP contribution in [0.2, 0.25) is 0 Å². The lowest BCUT2D eigenvalue weighted by molar-refractivity contribution is 0.0213. The zero-order valence-corrected chi connectivity index (χ0v) is 7.74. The molecule has 2 heteroatoms. The molecule has 0 N–H and O–H groups in total. The van der Waals surface area contributed by atoms with Gasteiger partial charge < -0.3 is 0 Å². The second-order valence-corrected chi connectivity index (χ2v) is 3.94. The van der Waals surface area contributed by atoms with E-state index in [-0.39, 0.29) is 6.42 Å². The van der Waals surface area contributed by atoms with Crippen LogP contribution in [-0.4, -0.2) is 5.92 Å². The summed E-state index contributed by atoms with van der Waals surface area (Å²) in [6.07, 6.45) is 5.06. The van der Waals surface area contributed by atoms with Crippen LogP contribution in [0.25, 0.3) is 0 Å². The SMILES string of the molecule is CC1C=C(CC(C)(F)F)CCC1. The number of rotatable bonds is 2. The Morgan fingerprint density at radius 3 is 2.75 bits per heavy atom. The van der Waals surface area contributed by atoms with Crippen LogP contribution in [0, 0.1) is 5.92 Å². The van der Waals surface area contributed by atoms with Gasteiger partial charge in [-0.05, 0) is 32.1 Å². The third kappa shape index (κ3) is 3.33. The summed E-state index contributed by atoms with van der Waals surface area (Å²) >= 11 is 0. The van der Waals surface area contributed by atoms with Gasteiger partial charge in [0.2, 0.25) is 5.92 Å². The standard InChI is InChI=1S/C10H16F2/c1-8-4-3-5-9(6-8)7-10(2,11)12/h6,8H,3-5,7H2,1-2H3. The van der Waals surface area contributed by atoms with Gasteiger partial charge in [-0.2, -0.15) is 0 Å². The van der Waals surface area contributed by atoms with Gasteiger partial charge in [0.05, 0.1) is 0 Å². The topological polar surface area (TPSA) is 0 Å². The maximum atomic E-state index is 12.6. The average molecular weight is 174 g/mol. The monoisotopic (exact) mass is 174 g/mol. The summed E-state index contributed by atoms with van der Waals surface area (Å²) < 4.78 is 25.2. The zero-order chi connectivity index (χ0) is 9.19. The number of hydrogen-bond donors (Lipinski definition) is 0. The summed E-state index contributed by atoms with van der Waals surface area (Å²) in [7, 11) is 0. The lowest BCUT2D eigenvalue weighted by Crippen LogP contribution is -2.13. The summed E-state index contributed by atoms with van der Waals surface area (Å²) in [6, 6.07) is 0. The van der Waals surface area contributed by atoms with Crippen LogP contribution < -0.4 is 0 Å². The lowest BCUT2D eigenvalue weighted by Gasteiger charge is -2.20. The highest BCUT2D eigenvalue weighted by Crippen LogP contribution is 2.30. The number of alkyl halides is 2. The van der Waals surface area contributed by atoms with Crippen molar-refractivity contribution < 1.29 is 8.78 Å². The van der Waals surface area contributed by atoms with Crippen LogP contribution in [-0.2, 0) is 0 Å². The van der Waals surface area contributed by atoms with Crippen molar-refractivity contribution in [2.75, 3.05) is 0 Å². The van der Waals surface area contributed by atoms with Gasteiger partial charge in [0.25, 0.3) is 0 Å². The van der Waals surface area contributed by atoms with E-state index >= 15 is 0 Å². The Morgan fingerprint density at radius 1 is 1.58 bits per heavy atom. The first-order valence-electron chi connectivity index (χ1n) is 4.55. The highest BCUT2D eigenvalue weighted by molar-refractivity contribution is 5.09. The molecule has 1 unspecified atom stereocenters. The fourth-order valence-corrected chi connectivity index (χ4v) is 1.77. The summed E-state index contributed by atoms with van der Waals surface area (Å²) in [5, 5.41) is 0. The molecule has 1 aliphatic rings. The maximum Gasteiger partial charge on any atom is 0.249 e. The molecule has 0 radical (unpaired) electrons. The molecule has 0 bridgehead atoms. The molecule has 1 aliphatic carbocycles. The summed E-state index contributed by atoms with van der Waals surface area (Å²) in [6.45, 7) is 3.08. The Bertz CT molecular complexity index is 177. The Hall–Kier alpha value is -0.400. The van der Waals surface area contributed by atoms with Gasteiger partial charge in [-0.3, -0.25) is 0 Å². The minimum Gasteiger partial charge on any atom is -0.207 e. The fourth-order valence-electron chi connectivity index (χ4n) is 1.77. The second kappa shape index (κ2) is 3.55. The van der Waals surface area contributed by atoms with Gasteiger partial charge in [0.1, 0.15) is 0 Å². The Morgan fingerprint density at radius 2 is 2.25 bits per heavy atom. The first kappa shape index (κ1) is 9.69. The highest BCUT2D eigenvalue weighted by atomic mass is 19.3. The van der Waals surface area contributed by atoms with Crippen LogP contribution in [0.4, 0.5) is 8.78 Å². The average Bonchev–Trinajstić information content (AvgIpc) is 1.82. The molecule has 0 spiro atoms. The molecule has 0 fully saturated rings. The molecule has 0 saturated carbocycles. The van der Waals surface area contributed by atoms with E-state index in [1.807, 2.05) is 6.08 Å². The molecule has 0 aromatic heterocycles. The molecule has 0 aliphatic heterocycles. The van der Waals surface area contributed by atoms with Gasteiger partial charge >= 0.3 is 0 Å². The van der Waals surface area contributed by atoms with Crippen molar-refractivity contribution >= 4 is 0 Å². The van der Waals surface area contributed by atoms with Crippen molar-refractivity contribution in [2.45, 2.75) is 45.5 Å². The zero-order valence-electron chi connectivity index (χ0n) is 7.74. The first-order valence-corrected chi connectivity index (χ1v) is 4.55. The molecule has 0 aromatic rings. The molecule has 1 rings (SSSR count). The largest absolute Gasteiger partial charge is 0.249 e. The molecule has 12 heavy (non-hydrogen) atoms. The van der Waals surface area contributed by atoms with Gasteiger partial charge in [0, 0.05) is 6.42 Å². The number of allylic oxidation sites excluding steroid dienone is 2. The quantitative estimate of drug-likeness (QED) is 0.559.